The number of fused-ring (bicyclic) bond motifs is 1. The van der Waals surface area contributed by atoms with Gasteiger partial charge in [0.1, 0.15) is 18.0 Å². The van der Waals surface area contributed by atoms with Crippen LogP contribution >= 0.6 is 0 Å². The van der Waals surface area contributed by atoms with Crippen LogP contribution in [0.3, 0.4) is 0 Å². The number of imidazole rings is 1. The zero-order valence-corrected chi connectivity index (χ0v) is 19.0. The van der Waals surface area contributed by atoms with Gasteiger partial charge in [-0.3, -0.25) is 4.79 Å². The molecule has 5 rings (SSSR count). The molecule has 6 nitrogen and oxygen atoms in total. The van der Waals surface area contributed by atoms with Crippen molar-refractivity contribution in [1.29, 1.82) is 0 Å². The number of amides is 1. The number of carbonyl (C=O) groups is 1. The SMILES string of the molecule is Cc1ccc2nc(COc3ccc(C(=O)N4CCN(C)C[C@@H]4c4ccccc4)cc3)cn2c1. The largest absolute Gasteiger partial charge is 0.487 e. The van der Waals surface area contributed by atoms with Gasteiger partial charge in [0.2, 0.25) is 0 Å². The highest BCUT2D eigenvalue weighted by molar-refractivity contribution is 5.94. The number of benzene rings is 2. The molecule has 0 radical (unpaired) electrons. The van der Waals surface area contributed by atoms with Gasteiger partial charge in [-0.2, -0.15) is 0 Å². The van der Waals surface area contributed by atoms with Crippen molar-refractivity contribution >= 4 is 11.6 Å². The predicted octanol–water partition coefficient (Wildman–Crippen LogP) is 4.35. The summed E-state index contributed by atoms with van der Waals surface area (Å²) in [5.74, 6) is 0.775. The summed E-state index contributed by atoms with van der Waals surface area (Å²) in [6.45, 7) is 4.84. The lowest BCUT2D eigenvalue weighted by Gasteiger charge is -2.40. The van der Waals surface area contributed by atoms with Crippen LogP contribution < -0.4 is 4.74 Å². The average Bonchev–Trinajstić information content (AvgIpc) is 3.25. The van der Waals surface area contributed by atoms with Crippen LogP contribution in [0.2, 0.25) is 0 Å². The molecule has 1 aliphatic heterocycles. The number of piperazine rings is 1. The molecule has 4 aromatic rings. The molecular formula is C27H28N4O2. The summed E-state index contributed by atoms with van der Waals surface area (Å²) in [6, 6.07) is 21.8. The Kier molecular flexibility index (Phi) is 5.84. The van der Waals surface area contributed by atoms with Gasteiger partial charge in [0, 0.05) is 37.6 Å². The molecule has 1 aliphatic rings. The zero-order chi connectivity index (χ0) is 22.8. The first kappa shape index (κ1) is 21.2. The molecule has 1 saturated heterocycles. The number of hydrogen-bond donors (Lipinski definition) is 0. The molecule has 3 heterocycles. The van der Waals surface area contributed by atoms with Crippen molar-refractivity contribution in [3.63, 3.8) is 0 Å². The lowest BCUT2D eigenvalue weighted by molar-refractivity contribution is 0.0498. The molecule has 6 heteroatoms. The molecule has 0 N–H and O–H groups in total. The van der Waals surface area contributed by atoms with Crippen LogP contribution in [0, 0.1) is 6.92 Å². The average molecular weight is 441 g/mol. The summed E-state index contributed by atoms with van der Waals surface area (Å²) in [5, 5.41) is 0. The number of aromatic nitrogens is 2. The Labute approximate surface area is 194 Å². The highest BCUT2D eigenvalue weighted by atomic mass is 16.5. The smallest absolute Gasteiger partial charge is 0.254 e. The van der Waals surface area contributed by atoms with Gasteiger partial charge in [0.15, 0.2) is 0 Å². The Balaban J connectivity index is 1.27. The van der Waals surface area contributed by atoms with E-state index in [9.17, 15) is 4.79 Å². The topological polar surface area (TPSA) is 50.1 Å². The zero-order valence-electron chi connectivity index (χ0n) is 19.0. The van der Waals surface area contributed by atoms with Crippen LogP contribution in [-0.4, -0.2) is 51.8 Å². The molecule has 0 spiro atoms. The van der Waals surface area contributed by atoms with Gasteiger partial charge < -0.3 is 18.9 Å². The number of carbonyl (C=O) groups excluding carboxylic acids is 1. The third-order valence-corrected chi connectivity index (χ3v) is 6.17. The molecule has 0 unspecified atom stereocenters. The fourth-order valence-corrected chi connectivity index (χ4v) is 4.36. The summed E-state index contributed by atoms with van der Waals surface area (Å²) in [6.07, 6.45) is 4.03. The molecule has 1 fully saturated rings. The van der Waals surface area contributed by atoms with Crippen LogP contribution in [0.25, 0.3) is 5.65 Å². The summed E-state index contributed by atoms with van der Waals surface area (Å²) in [7, 11) is 2.11. The highest BCUT2D eigenvalue weighted by Gasteiger charge is 2.30. The summed E-state index contributed by atoms with van der Waals surface area (Å²) >= 11 is 0. The van der Waals surface area contributed by atoms with E-state index >= 15 is 0 Å². The van der Waals surface area contributed by atoms with E-state index < -0.39 is 0 Å². The van der Waals surface area contributed by atoms with E-state index in [0.29, 0.717) is 18.7 Å². The third-order valence-electron chi connectivity index (χ3n) is 6.17. The Morgan fingerprint density at radius 1 is 1.00 bits per heavy atom. The number of pyridine rings is 1. The second-order valence-corrected chi connectivity index (χ2v) is 8.70. The first-order chi connectivity index (χ1) is 16.1. The minimum Gasteiger partial charge on any atom is -0.487 e. The minimum atomic E-state index is 0.0482. The summed E-state index contributed by atoms with van der Waals surface area (Å²) in [5.41, 5.74) is 4.79. The molecule has 0 saturated carbocycles. The standard InChI is InChI=1S/C27H28N4O2/c1-20-8-13-26-28-23(17-30(26)16-20)19-33-24-11-9-22(10-12-24)27(32)31-15-14-29(2)18-25(31)21-6-4-3-5-7-21/h3-13,16-17,25H,14-15,18-19H2,1-2H3/t25-/m1/s1. The monoisotopic (exact) mass is 440 g/mol. The van der Waals surface area contributed by atoms with E-state index in [0.717, 1.165) is 30.2 Å². The Morgan fingerprint density at radius 3 is 2.58 bits per heavy atom. The number of aryl methyl sites for hydroxylation is 1. The molecule has 168 valence electrons. The van der Waals surface area contributed by atoms with Crippen LogP contribution in [0.1, 0.15) is 33.2 Å². The van der Waals surface area contributed by atoms with Gasteiger partial charge >= 0.3 is 0 Å². The van der Waals surface area contributed by atoms with Crippen molar-refractivity contribution < 1.29 is 9.53 Å². The van der Waals surface area contributed by atoms with Crippen molar-refractivity contribution in [1.82, 2.24) is 19.2 Å². The van der Waals surface area contributed by atoms with Gasteiger partial charge in [-0.25, -0.2) is 4.98 Å². The van der Waals surface area contributed by atoms with E-state index in [1.165, 1.54) is 11.1 Å². The number of likely N-dealkylation sites (N-methyl/N-ethyl adjacent to an activating group) is 1. The number of rotatable bonds is 5. The molecule has 1 amide bonds. The Bertz CT molecular complexity index is 1250. The van der Waals surface area contributed by atoms with Crippen molar-refractivity contribution in [3.05, 3.63) is 102 Å². The molecule has 0 aliphatic carbocycles. The van der Waals surface area contributed by atoms with Gasteiger partial charge in [0.05, 0.1) is 11.7 Å². The maximum atomic E-state index is 13.4. The van der Waals surface area contributed by atoms with E-state index in [-0.39, 0.29) is 11.9 Å². The lowest BCUT2D eigenvalue weighted by atomic mass is 10.0. The van der Waals surface area contributed by atoms with Crippen LogP contribution in [-0.2, 0) is 6.61 Å². The number of hydrogen-bond acceptors (Lipinski definition) is 4. The molecule has 33 heavy (non-hydrogen) atoms. The molecular weight excluding hydrogens is 412 g/mol. The first-order valence-corrected chi connectivity index (χ1v) is 11.3. The van der Waals surface area contributed by atoms with Crippen molar-refractivity contribution in [2.75, 3.05) is 26.7 Å². The van der Waals surface area contributed by atoms with Gasteiger partial charge in [-0.1, -0.05) is 36.4 Å². The van der Waals surface area contributed by atoms with E-state index in [1.807, 2.05) is 76.3 Å². The number of nitrogens with zero attached hydrogens (tertiary/aromatic N) is 4. The van der Waals surface area contributed by atoms with Crippen molar-refractivity contribution in [2.24, 2.45) is 0 Å². The van der Waals surface area contributed by atoms with E-state index in [2.05, 4.69) is 36.0 Å². The Morgan fingerprint density at radius 2 is 1.79 bits per heavy atom. The fraction of sp³-hybridized carbons (Fsp3) is 0.259. The summed E-state index contributed by atoms with van der Waals surface area (Å²) < 4.78 is 7.94. The fourth-order valence-electron chi connectivity index (χ4n) is 4.36. The van der Waals surface area contributed by atoms with Crippen molar-refractivity contribution in [2.45, 2.75) is 19.6 Å². The van der Waals surface area contributed by atoms with Crippen LogP contribution in [0.5, 0.6) is 5.75 Å². The maximum absolute atomic E-state index is 13.4. The predicted molar refractivity (Wildman–Crippen MR) is 128 cm³/mol. The second kappa shape index (κ2) is 9.08. The highest BCUT2D eigenvalue weighted by Crippen LogP contribution is 2.27. The quantitative estimate of drug-likeness (QED) is 0.463. The van der Waals surface area contributed by atoms with E-state index in [4.69, 9.17) is 4.74 Å². The van der Waals surface area contributed by atoms with Crippen molar-refractivity contribution in [3.8, 4) is 5.75 Å². The molecule has 2 aromatic heterocycles. The minimum absolute atomic E-state index is 0.0482. The first-order valence-electron chi connectivity index (χ1n) is 11.3. The molecule has 0 bridgehead atoms. The molecule has 2 aromatic carbocycles. The van der Waals surface area contributed by atoms with Gasteiger partial charge in [0.25, 0.3) is 5.91 Å². The number of ether oxygens (including phenoxy) is 1. The second-order valence-electron chi connectivity index (χ2n) is 8.70. The van der Waals surface area contributed by atoms with Gasteiger partial charge in [-0.15, -0.1) is 0 Å². The third kappa shape index (κ3) is 4.61. The Hall–Kier alpha value is -3.64. The maximum Gasteiger partial charge on any atom is 0.254 e. The van der Waals surface area contributed by atoms with Gasteiger partial charge in [-0.05, 0) is 55.4 Å². The summed E-state index contributed by atoms with van der Waals surface area (Å²) in [4.78, 5) is 22.2. The lowest BCUT2D eigenvalue weighted by Crippen LogP contribution is -2.49. The van der Waals surface area contributed by atoms with Crippen LogP contribution in [0.4, 0.5) is 0 Å². The van der Waals surface area contributed by atoms with Crippen LogP contribution in [0.15, 0.2) is 79.1 Å². The normalized spacial score (nSPS) is 16.8. The van der Waals surface area contributed by atoms with E-state index in [1.54, 1.807) is 0 Å². The molecule has 1 atom stereocenters.